The number of allylic oxidation sites excluding steroid dienone is 1. The summed E-state index contributed by atoms with van der Waals surface area (Å²) in [6, 6.07) is 16.1. The second-order valence-corrected chi connectivity index (χ2v) is 9.78. The Morgan fingerprint density at radius 3 is 2.75 bits per heavy atom. The van der Waals surface area contributed by atoms with E-state index in [0.717, 1.165) is 19.3 Å². The van der Waals surface area contributed by atoms with E-state index < -0.39 is 0 Å². The molecule has 1 saturated heterocycles. The summed E-state index contributed by atoms with van der Waals surface area (Å²) in [5.41, 5.74) is 1.32. The number of carbonyl (C=O) groups excluding carboxylic acids is 2. The lowest BCUT2D eigenvalue weighted by molar-refractivity contribution is -0.129. The van der Waals surface area contributed by atoms with Crippen LogP contribution in [-0.4, -0.2) is 50.7 Å². The maximum absolute atomic E-state index is 13.6. The van der Waals surface area contributed by atoms with E-state index in [1.807, 2.05) is 36.4 Å². The standard InChI is InChI=1S/C30H27ClN6O3/c1-2-19(15-32)30(39)37-13-7-6-8-20(37)16-33-28-26-24(17-34-29(26)36-18-35-28)27(38)23-12-11-22(14-25(23)31)40-21-9-4-3-5-10-21/h2-5,9-12,14,17-18,20H,6-8,13,16H2,1H3,(H2,33,34,35,36)/b19-2+. The molecule has 5 rings (SSSR count). The number of amides is 1. The van der Waals surface area contributed by atoms with E-state index in [-0.39, 0.29) is 28.3 Å². The van der Waals surface area contributed by atoms with Crippen LogP contribution in [0.2, 0.25) is 5.02 Å². The number of halogens is 1. The number of anilines is 1. The second kappa shape index (κ2) is 12.0. The molecule has 0 radical (unpaired) electrons. The van der Waals surface area contributed by atoms with Gasteiger partial charge in [0.25, 0.3) is 5.91 Å². The smallest absolute Gasteiger partial charge is 0.264 e. The van der Waals surface area contributed by atoms with Crippen LogP contribution < -0.4 is 10.1 Å². The quantitative estimate of drug-likeness (QED) is 0.158. The summed E-state index contributed by atoms with van der Waals surface area (Å²) in [5, 5.41) is 13.5. The van der Waals surface area contributed by atoms with E-state index in [1.54, 1.807) is 42.3 Å². The second-order valence-electron chi connectivity index (χ2n) is 9.38. The van der Waals surface area contributed by atoms with Gasteiger partial charge >= 0.3 is 0 Å². The SMILES string of the molecule is C/C=C(\C#N)C(=O)N1CCCCC1CNc1ncnc2[nH]cc(C(=O)c3ccc(Oc4ccccc4)cc3Cl)c12. The molecule has 0 aliphatic carbocycles. The molecule has 2 aromatic carbocycles. The number of nitrogens with zero attached hydrogens (tertiary/aromatic N) is 4. The molecule has 1 atom stereocenters. The third-order valence-corrected chi connectivity index (χ3v) is 7.22. The molecule has 202 valence electrons. The molecule has 1 unspecified atom stereocenters. The van der Waals surface area contributed by atoms with Crippen LogP contribution in [0.25, 0.3) is 11.0 Å². The molecule has 2 aromatic heterocycles. The van der Waals surface area contributed by atoms with Gasteiger partial charge in [0.15, 0.2) is 5.78 Å². The number of piperidine rings is 1. The van der Waals surface area contributed by atoms with E-state index in [0.29, 0.717) is 52.6 Å². The Kier molecular flexibility index (Phi) is 8.08. The number of aromatic nitrogens is 3. The molecule has 1 amide bonds. The molecule has 10 heteroatoms. The highest BCUT2D eigenvalue weighted by Crippen LogP contribution is 2.31. The van der Waals surface area contributed by atoms with Gasteiger partial charge in [-0.1, -0.05) is 35.9 Å². The molecule has 0 bridgehead atoms. The Morgan fingerprint density at radius 2 is 2.00 bits per heavy atom. The van der Waals surface area contributed by atoms with Crippen molar-refractivity contribution in [3.05, 3.63) is 88.9 Å². The third kappa shape index (κ3) is 5.53. The lowest BCUT2D eigenvalue weighted by Gasteiger charge is -2.35. The summed E-state index contributed by atoms with van der Waals surface area (Å²) in [6.45, 7) is 2.68. The van der Waals surface area contributed by atoms with Gasteiger partial charge in [-0.3, -0.25) is 9.59 Å². The van der Waals surface area contributed by atoms with Gasteiger partial charge in [0.2, 0.25) is 0 Å². The fourth-order valence-corrected chi connectivity index (χ4v) is 5.13. The van der Waals surface area contributed by atoms with Crippen molar-refractivity contribution >= 4 is 40.1 Å². The highest BCUT2D eigenvalue weighted by molar-refractivity contribution is 6.35. The van der Waals surface area contributed by atoms with Crippen LogP contribution >= 0.6 is 11.6 Å². The van der Waals surface area contributed by atoms with Crippen molar-refractivity contribution in [2.45, 2.75) is 32.2 Å². The van der Waals surface area contributed by atoms with Gasteiger partial charge in [-0.05, 0) is 50.5 Å². The number of benzene rings is 2. The number of nitrogens with one attached hydrogen (secondary N) is 2. The summed E-state index contributed by atoms with van der Waals surface area (Å²) in [6.07, 6.45) is 7.20. The zero-order valence-corrected chi connectivity index (χ0v) is 22.6. The molecular weight excluding hydrogens is 528 g/mol. The summed E-state index contributed by atoms with van der Waals surface area (Å²) in [4.78, 5) is 40.0. The lowest BCUT2D eigenvalue weighted by Crippen LogP contribution is -2.47. The van der Waals surface area contributed by atoms with Crippen LogP contribution in [0.5, 0.6) is 11.5 Å². The van der Waals surface area contributed by atoms with Crippen molar-refractivity contribution in [1.82, 2.24) is 19.9 Å². The number of carbonyl (C=O) groups is 2. The zero-order chi connectivity index (χ0) is 28.1. The molecule has 1 aliphatic rings. The Bertz CT molecular complexity index is 1630. The fraction of sp³-hybridized carbons (Fsp3) is 0.233. The predicted octanol–water partition coefficient (Wildman–Crippen LogP) is 5.90. The van der Waals surface area contributed by atoms with Crippen LogP contribution in [0.1, 0.15) is 42.1 Å². The number of rotatable bonds is 8. The van der Waals surface area contributed by atoms with Crippen molar-refractivity contribution in [2.75, 3.05) is 18.4 Å². The number of aromatic amines is 1. The van der Waals surface area contributed by atoms with Crippen LogP contribution in [0.15, 0.2) is 72.7 Å². The molecule has 1 fully saturated rings. The van der Waals surface area contributed by atoms with Gasteiger partial charge in [-0.2, -0.15) is 5.26 Å². The van der Waals surface area contributed by atoms with E-state index in [4.69, 9.17) is 16.3 Å². The van der Waals surface area contributed by atoms with E-state index >= 15 is 0 Å². The third-order valence-electron chi connectivity index (χ3n) is 6.91. The summed E-state index contributed by atoms with van der Waals surface area (Å²) >= 11 is 6.53. The number of fused-ring (bicyclic) bond motifs is 1. The number of likely N-dealkylation sites (tertiary alicyclic amines) is 1. The number of hydrogen-bond donors (Lipinski definition) is 2. The molecule has 0 spiro atoms. The number of hydrogen-bond acceptors (Lipinski definition) is 7. The number of ether oxygens (including phenoxy) is 1. The van der Waals surface area contributed by atoms with Crippen molar-refractivity contribution in [1.29, 1.82) is 5.26 Å². The normalized spacial score (nSPS) is 15.5. The van der Waals surface area contributed by atoms with Gasteiger partial charge in [0.05, 0.1) is 16.0 Å². The van der Waals surface area contributed by atoms with Crippen LogP contribution in [0.3, 0.4) is 0 Å². The minimum Gasteiger partial charge on any atom is -0.457 e. The lowest BCUT2D eigenvalue weighted by atomic mass is 10.0. The van der Waals surface area contributed by atoms with Gasteiger partial charge in [0.1, 0.15) is 40.9 Å². The number of ketones is 1. The molecule has 9 nitrogen and oxygen atoms in total. The van der Waals surface area contributed by atoms with E-state index in [1.165, 1.54) is 6.33 Å². The Morgan fingerprint density at radius 1 is 1.18 bits per heavy atom. The Labute approximate surface area is 236 Å². The minimum atomic E-state index is -0.290. The van der Waals surface area contributed by atoms with Crippen molar-refractivity contribution in [2.24, 2.45) is 0 Å². The Balaban J connectivity index is 1.38. The van der Waals surface area contributed by atoms with Gasteiger partial charge in [-0.15, -0.1) is 0 Å². The topological polar surface area (TPSA) is 124 Å². The van der Waals surface area contributed by atoms with Gasteiger partial charge in [0, 0.05) is 37.0 Å². The first-order valence-electron chi connectivity index (χ1n) is 13.0. The first kappa shape index (κ1) is 26.9. The minimum absolute atomic E-state index is 0.126. The molecule has 40 heavy (non-hydrogen) atoms. The molecular formula is C30H27ClN6O3. The summed E-state index contributed by atoms with van der Waals surface area (Å²) in [5.74, 6) is 1.09. The monoisotopic (exact) mass is 554 g/mol. The van der Waals surface area contributed by atoms with E-state index in [9.17, 15) is 14.9 Å². The average molecular weight is 555 g/mol. The highest BCUT2D eigenvalue weighted by Gasteiger charge is 2.29. The van der Waals surface area contributed by atoms with Crippen molar-refractivity contribution < 1.29 is 14.3 Å². The molecule has 4 aromatic rings. The van der Waals surface area contributed by atoms with Crippen molar-refractivity contribution in [3.63, 3.8) is 0 Å². The highest BCUT2D eigenvalue weighted by atomic mass is 35.5. The maximum Gasteiger partial charge on any atom is 0.264 e. The predicted molar refractivity (Wildman–Crippen MR) is 153 cm³/mol. The zero-order valence-electron chi connectivity index (χ0n) is 21.9. The Hall–Kier alpha value is -4.68. The van der Waals surface area contributed by atoms with Crippen molar-refractivity contribution in [3.8, 4) is 17.6 Å². The summed E-state index contributed by atoms with van der Waals surface area (Å²) < 4.78 is 5.84. The largest absolute Gasteiger partial charge is 0.457 e. The number of para-hydroxylation sites is 1. The fourth-order valence-electron chi connectivity index (χ4n) is 4.87. The number of nitriles is 1. The molecule has 0 saturated carbocycles. The maximum atomic E-state index is 13.6. The van der Waals surface area contributed by atoms with E-state index in [2.05, 4.69) is 20.3 Å². The summed E-state index contributed by atoms with van der Waals surface area (Å²) in [7, 11) is 0. The number of H-pyrrole nitrogens is 1. The first-order chi connectivity index (χ1) is 19.5. The van der Waals surface area contributed by atoms with Crippen LogP contribution in [-0.2, 0) is 4.79 Å². The molecule has 2 N–H and O–H groups in total. The van der Waals surface area contributed by atoms with Crippen LogP contribution in [0, 0.1) is 11.3 Å². The van der Waals surface area contributed by atoms with Gasteiger partial charge in [-0.25, -0.2) is 9.97 Å². The first-order valence-corrected chi connectivity index (χ1v) is 13.4. The molecule has 3 heterocycles. The van der Waals surface area contributed by atoms with Crippen LogP contribution in [0.4, 0.5) is 5.82 Å². The molecule has 1 aliphatic heterocycles. The van der Waals surface area contributed by atoms with Gasteiger partial charge < -0.3 is 19.9 Å². The average Bonchev–Trinajstić information content (AvgIpc) is 3.42.